The standard InChI is InChI=1S/C23H23ClN4OS2/c1-2-30-18-9-7-17(8-10-18)15-21(29)28(13-4-12-27-14-11-25-16-27)23-26-22-19(24)5-3-6-20(22)31-23/h3,5-11,14,16H,2,4,12-13,15H2,1H3. The molecule has 0 spiro atoms. The molecule has 4 aromatic rings. The molecule has 2 aromatic carbocycles. The summed E-state index contributed by atoms with van der Waals surface area (Å²) in [4.78, 5) is 25.1. The molecule has 0 saturated heterocycles. The Morgan fingerprint density at radius 2 is 2.06 bits per heavy atom. The molecule has 160 valence electrons. The molecule has 31 heavy (non-hydrogen) atoms. The molecule has 4 rings (SSSR count). The van der Waals surface area contributed by atoms with Crippen LogP contribution in [0.15, 0.2) is 66.1 Å². The molecule has 2 aromatic heterocycles. The van der Waals surface area contributed by atoms with Crippen molar-refractivity contribution in [3.8, 4) is 0 Å². The molecule has 0 bridgehead atoms. The number of para-hydroxylation sites is 1. The summed E-state index contributed by atoms with van der Waals surface area (Å²) in [7, 11) is 0. The average molecular weight is 471 g/mol. The number of nitrogens with zero attached hydrogens (tertiary/aromatic N) is 4. The van der Waals surface area contributed by atoms with Crippen LogP contribution in [0.25, 0.3) is 10.2 Å². The highest BCUT2D eigenvalue weighted by Crippen LogP contribution is 2.33. The number of halogens is 1. The predicted octanol–water partition coefficient (Wildman–Crippen LogP) is 5.92. The van der Waals surface area contributed by atoms with Gasteiger partial charge in [0, 0.05) is 30.4 Å². The third-order valence-corrected chi connectivity index (χ3v) is 7.08. The topological polar surface area (TPSA) is 51.0 Å². The lowest BCUT2D eigenvalue weighted by Crippen LogP contribution is -2.33. The van der Waals surface area contributed by atoms with E-state index in [1.54, 1.807) is 29.2 Å². The number of aromatic nitrogens is 3. The van der Waals surface area contributed by atoms with Gasteiger partial charge in [0.25, 0.3) is 0 Å². The van der Waals surface area contributed by atoms with Crippen molar-refractivity contribution in [3.63, 3.8) is 0 Å². The maximum Gasteiger partial charge on any atom is 0.233 e. The first-order valence-corrected chi connectivity index (χ1v) is 12.3. The van der Waals surface area contributed by atoms with E-state index >= 15 is 0 Å². The van der Waals surface area contributed by atoms with Crippen molar-refractivity contribution in [3.05, 3.63) is 71.8 Å². The molecular weight excluding hydrogens is 448 g/mol. The second kappa shape index (κ2) is 10.3. The van der Waals surface area contributed by atoms with E-state index in [4.69, 9.17) is 16.6 Å². The van der Waals surface area contributed by atoms with Crippen molar-refractivity contribution in [2.45, 2.75) is 31.2 Å². The highest BCUT2D eigenvalue weighted by molar-refractivity contribution is 7.99. The van der Waals surface area contributed by atoms with Gasteiger partial charge in [-0.25, -0.2) is 9.97 Å². The van der Waals surface area contributed by atoms with E-state index < -0.39 is 0 Å². The fourth-order valence-corrected chi connectivity index (χ4v) is 5.29. The number of fused-ring (bicyclic) bond motifs is 1. The summed E-state index contributed by atoms with van der Waals surface area (Å²) in [6.07, 6.45) is 6.63. The summed E-state index contributed by atoms with van der Waals surface area (Å²) >= 11 is 9.62. The van der Waals surface area contributed by atoms with Gasteiger partial charge in [-0.1, -0.05) is 48.1 Å². The number of thioether (sulfide) groups is 1. The van der Waals surface area contributed by atoms with Crippen LogP contribution in [-0.4, -0.2) is 32.7 Å². The molecule has 5 nitrogen and oxygen atoms in total. The van der Waals surface area contributed by atoms with E-state index in [1.807, 2.05) is 41.1 Å². The van der Waals surface area contributed by atoms with E-state index in [1.165, 1.54) is 16.2 Å². The van der Waals surface area contributed by atoms with Gasteiger partial charge in [-0.15, -0.1) is 11.8 Å². The Balaban J connectivity index is 1.54. The van der Waals surface area contributed by atoms with Crippen LogP contribution in [0.3, 0.4) is 0 Å². The van der Waals surface area contributed by atoms with Gasteiger partial charge in [0.15, 0.2) is 5.13 Å². The van der Waals surface area contributed by atoms with Crippen LogP contribution >= 0.6 is 34.7 Å². The summed E-state index contributed by atoms with van der Waals surface area (Å²) in [6, 6.07) is 14.0. The molecule has 0 atom stereocenters. The first-order chi connectivity index (χ1) is 15.1. The summed E-state index contributed by atoms with van der Waals surface area (Å²) in [5.74, 6) is 1.07. The highest BCUT2D eigenvalue weighted by atomic mass is 35.5. The van der Waals surface area contributed by atoms with E-state index in [0.717, 1.165) is 34.5 Å². The van der Waals surface area contributed by atoms with Gasteiger partial charge >= 0.3 is 0 Å². The average Bonchev–Trinajstić information content (AvgIpc) is 3.43. The molecule has 0 aliphatic heterocycles. The Kier molecular flexibility index (Phi) is 7.27. The third-order valence-electron chi connectivity index (χ3n) is 4.84. The van der Waals surface area contributed by atoms with Gasteiger partial charge in [0.2, 0.25) is 5.91 Å². The number of rotatable bonds is 9. The minimum atomic E-state index is 0.0386. The molecule has 2 heterocycles. The summed E-state index contributed by atoms with van der Waals surface area (Å²) in [6.45, 7) is 3.50. The summed E-state index contributed by atoms with van der Waals surface area (Å²) < 4.78 is 3.00. The molecule has 0 unspecified atom stereocenters. The van der Waals surface area contributed by atoms with E-state index in [-0.39, 0.29) is 5.91 Å². The van der Waals surface area contributed by atoms with Crippen LogP contribution in [0.2, 0.25) is 5.02 Å². The number of hydrogen-bond donors (Lipinski definition) is 0. The maximum absolute atomic E-state index is 13.3. The fraction of sp³-hybridized carbons (Fsp3) is 0.261. The molecule has 0 N–H and O–H groups in total. The van der Waals surface area contributed by atoms with E-state index in [2.05, 4.69) is 24.0 Å². The normalized spacial score (nSPS) is 11.2. The maximum atomic E-state index is 13.3. The smallest absolute Gasteiger partial charge is 0.233 e. The number of imidazole rings is 1. The Labute approximate surface area is 195 Å². The predicted molar refractivity (Wildman–Crippen MR) is 130 cm³/mol. The van der Waals surface area contributed by atoms with Crippen molar-refractivity contribution < 1.29 is 4.79 Å². The van der Waals surface area contributed by atoms with Crippen LogP contribution in [0.1, 0.15) is 18.9 Å². The van der Waals surface area contributed by atoms with Crippen molar-refractivity contribution in [2.24, 2.45) is 0 Å². The van der Waals surface area contributed by atoms with Gasteiger partial charge in [-0.05, 0) is 42.0 Å². The van der Waals surface area contributed by atoms with Crippen molar-refractivity contribution in [2.75, 3.05) is 17.2 Å². The number of benzene rings is 2. The second-order valence-corrected chi connectivity index (χ2v) is 9.79. The number of amides is 1. The van der Waals surface area contributed by atoms with Crippen molar-refractivity contribution in [1.29, 1.82) is 0 Å². The van der Waals surface area contributed by atoms with Gasteiger partial charge in [0.05, 0.1) is 22.5 Å². The number of carbonyl (C=O) groups excluding carboxylic acids is 1. The van der Waals surface area contributed by atoms with Crippen molar-refractivity contribution in [1.82, 2.24) is 14.5 Å². The molecular formula is C23H23ClN4OS2. The SMILES string of the molecule is CCSc1ccc(CC(=O)N(CCCn2ccnc2)c2nc3c(Cl)cccc3s2)cc1. The lowest BCUT2D eigenvalue weighted by molar-refractivity contribution is -0.118. The Morgan fingerprint density at radius 1 is 1.23 bits per heavy atom. The Morgan fingerprint density at radius 3 is 2.77 bits per heavy atom. The largest absolute Gasteiger partial charge is 0.337 e. The van der Waals surface area contributed by atoms with Crippen LogP contribution < -0.4 is 4.90 Å². The quantitative estimate of drug-likeness (QED) is 0.285. The van der Waals surface area contributed by atoms with E-state index in [9.17, 15) is 4.79 Å². The Bertz CT molecular complexity index is 1140. The third kappa shape index (κ3) is 5.47. The van der Waals surface area contributed by atoms with Crippen LogP contribution in [0.5, 0.6) is 0 Å². The zero-order chi connectivity index (χ0) is 21.6. The number of hydrogen-bond acceptors (Lipinski definition) is 5. The molecule has 0 fully saturated rings. The first-order valence-electron chi connectivity index (χ1n) is 10.2. The monoisotopic (exact) mass is 470 g/mol. The molecule has 0 saturated carbocycles. The minimum absolute atomic E-state index is 0.0386. The van der Waals surface area contributed by atoms with Crippen LogP contribution in [-0.2, 0) is 17.8 Å². The molecule has 1 amide bonds. The first kappa shape index (κ1) is 21.9. The van der Waals surface area contributed by atoms with Gasteiger partial charge in [0.1, 0.15) is 5.52 Å². The zero-order valence-electron chi connectivity index (χ0n) is 17.2. The minimum Gasteiger partial charge on any atom is -0.337 e. The number of anilines is 1. The van der Waals surface area contributed by atoms with Crippen LogP contribution in [0, 0.1) is 0 Å². The molecule has 0 aliphatic rings. The number of aryl methyl sites for hydroxylation is 1. The van der Waals surface area contributed by atoms with E-state index in [0.29, 0.717) is 23.1 Å². The highest BCUT2D eigenvalue weighted by Gasteiger charge is 2.20. The van der Waals surface area contributed by atoms with Crippen LogP contribution in [0.4, 0.5) is 5.13 Å². The number of thiazole rings is 1. The summed E-state index contributed by atoms with van der Waals surface area (Å²) in [5.41, 5.74) is 1.75. The fourth-order valence-electron chi connectivity index (χ4n) is 3.32. The van der Waals surface area contributed by atoms with Gasteiger partial charge < -0.3 is 4.57 Å². The second-order valence-electron chi connectivity index (χ2n) is 7.04. The van der Waals surface area contributed by atoms with Crippen molar-refractivity contribution >= 4 is 56.0 Å². The molecule has 0 aliphatic carbocycles. The number of carbonyl (C=O) groups is 1. The molecule has 0 radical (unpaired) electrons. The molecule has 8 heteroatoms. The van der Waals surface area contributed by atoms with Gasteiger partial charge in [-0.2, -0.15) is 0 Å². The lowest BCUT2D eigenvalue weighted by Gasteiger charge is -2.20. The summed E-state index contributed by atoms with van der Waals surface area (Å²) in [5, 5.41) is 1.30. The van der Waals surface area contributed by atoms with Gasteiger partial charge in [-0.3, -0.25) is 9.69 Å². The zero-order valence-corrected chi connectivity index (χ0v) is 19.6. The lowest BCUT2D eigenvalue weighted by atomic mass is 10.1. The Hall–Kier alpha value is -2.35.